The molecule has 1 aliphatic rings. The van der Waals surface area contributed by atoms with Crippen molar-refractivity contribution in [3.63, 3.8) is 0 Å². The van der Waals surface area contributed by atoms with E-state index < -0.39 is 0 Å². The second-order valence-electron chi connectivity index (χ2n) is 4.70. The van der Waals surface area contributed by atoms with Crippen molar-refractivity contribution in [2.24, 2.45) is 0 Å². The van der Waals surface area contributed by atoms with Gasteiger partial charge in [-0.2, -0.15) is 0 Å². The second-order valence-corrected chi connectivity index (χ2v) is 4.70. The second kappa shape index (κ2) is 3.89. The minimum atomic E-state index is 0.0256. The zero-order valence-corrected chi connectivity index (χ0v) is 9.89. The molecule has 0 radical (unpaired) electrons. The topological polar surface area (TPSA) is 0 Å². The summed E-state index contributed by atoms with van der Waals surface area (Å²) in [5.74, 6) is 0. The summed E-state index contributed by atoms with van der Waals surface area (Å²) in [6.45, 7) is 4.09. The molecule has 17 heavy (non-hydrogen) atoms. The van der Waals surface area contributed by atoms with Crippen LogP contribution in [0.15, 0.2) is 67.3 Å². The van der Waals surface area contributed by atoms with Gasteiger partial charge < -0.3 is 0 Å². The highest BCUT2D eigenvalue weighted by atomic mass is 14.4. The van der Waals surface area contributed by atoms with Gasteiger partial charge in [0.15, 0.2) is 0 Å². The third-order valence-electron chi connectivity index (χ3n) is 3.92. The van der Waals surface area contributed by atoms with Gasteiger partial charge in [0.1, 0.15) is 0 Å². The fraction of sp³-hybridized carbons (Fsp3) is 0.176. The van der Waals surface area contributed by atoms with Gasteiger partial charge in [0, 0.05) is 5.41 Å². The zero-order valence-electron chi connectivity index (χ0n) is 9.89. The Hall–Kier alpha value is -1.82. The van der Waals surface area contributed by atoms with Crippen LogP contribution in [-0.2, 0) is 11.8 Å². The smallest absolute Gasteiger partial charge is 0.0385 e. The van der Waals surface area contributed by atoms with Gasteiger partial charge in [0.05, 0.1) is 0 Å². The number of fused-ring (bicyclic) bond motifs is 1. The van der Waals surface area contributed by atoms with E-state index in [4.69, 9.17) is 0 Å². The van der Waals surface area contributed by atoms with E-state index in [1.54, 1.807) is 0 Å². The molecular weight excluding hydrogens is 204 g/mol. The Kier molecular flexibility index (Phi) is 2.36. The molecule has 0 aliphatic heterocycles. The summed E-state index contributed by atoms with van der Waals surface area (Å²) in [6.07, 6.45) is 4.41. The van der Waals surface area contributed by atoms with Crippen LogP contribution < -0.4 is 0 Å². The number of hydrogen-bond acceptors (Lipinski definition) is 0. The highest BCUT2D eigenvalue weighted by molar-refractivity contribution is 5.51. The number of allylic oxidation sites excluding steroid dienone is 1. The molecule has 2 aromatic carbocycles. The van der Waals surface area contributed by atoms with Crippen LogP contribution in [0.25, 0.3) is 0 Å². The summed E-state index contributed by atoms with van der Waals surface area (Å²) in [7, 11) is 0. The van der Waals surface area contributed by atoms with Crippen molar-refractivity contribution in [2.45, 2.75) is 18.3 Å². The number of rotatable bonds is 2. The SMILES string of the molecule is C=CC1(c2ccccc2)CCc2ccccc21. The maximum atomic E-state index is 4.09. The Morgan fingerprint density at radius 1 is 0.941 bits per heavy atom. The first kappa shape index (κ1) is 10.3. The molecule has 1 aliphatic carbocycles. The Balaban J connectivity index is 2.21. The highest BCUT2D eigenvalue weighted by Crippen LogP contribution is 2.44. The van der Waals surface area contributed by atoms with E-state index in [0.29, 0.717) is 0 Å². The molecule has 1 atom stereocenters. The van der Waals surface area contributed by atoms with Gasteiger partial charge in [-0.3, -0.25) is 0 Å². The van der Waals surface area contributed by atoms with Gasteiger partial charge in [0.2, 0.25) is 0 Å². The summed E-state index contributed by atoms with van der Waals surface area (Å²) in [5, 5.41) is 0. The molecule has 0 spiro atoms. The number of benzene rings is 2. The van der Waals surface area contributed by atoms with Crippen molar-refractivity contribution in [1.82, 2.24) is 0 Å². The molecule has 0 nitrogen and oxygen atoms in total. The maximum absolute atomic E-state index is 4.09. The minimum absolute atomic E-state index is 0.0256. The highest BCUT2D eigenvalue weighted by Gasteiger charge is 2.36. The molecule has 2 aromatic rings. The lowest BCUT2D eigenvalue weighted by Crippen LogP contribution is -2.21. The molecule has 0 saturated carbocycles. The molecule has 0 amide bonds. The van der Waals surface area contributed by atoms with Gasteiger partial charge in [-0.05, 0) is 29.5 Å². The largest absolute Gasteiger partial charge is 0.102 e. The van der Waals surface area contributed by atoms with E-state index in [1.165, 1.54) is 16.7 Å². The predicted octanol–water partition coefficient (Wildman–Crippen LogP) is 4.10. The molecule has 0 aromatic heterocycles. The monoisotopic (exact) mass is 220 g/mol. The van der Waals surface area contributed by atoms with Gasteiger partial charge in [0.25, 0.3) is 0 Å². The summed E-state index contributed by atoms with van der Waals surface area (Å²) < 4.78 is 0. The van der Waals surface area contributed by atoms with Crippen LogP contribution in [0.1, 0.15) is 23.1 Å². The van der Waals surface area contributed by atoms with Crippen LogP contribution in [0.4, 0.5) is 0 Å². The van der Waals surface area contributed by atoms with Gasteiger partial charge in [-0.15, -0.1) is 6.58 Å². The van der Waals surface area contributed by atoms with Gasteiger partial charge in [-0.1, -0.05) is 60.7 Å². The predicted molar refractivity (Wildman–Crippen MR) is 72.2 cm³/mol. The van der Waals surface area contributed by atoms with Crippen molar-refractivity contribution in [3.05, 3.63) is 83.9 Å². The lowest BCUT2D eigenvalue weighted by Gasteiger charge is -2.27. The summed E-state index contributed by atoms with van der Waals surface area (Å²) in [4.78, 5) is 0. The van der Waals surface area contributed by atoms with Crippen molar-refractivity contribution in [3.8, 4) is 0 Å². The molecule has 1 unspecified atom stereocenters. The zero-order chi connectivity index (χ0) is 11.7. The van der Waals surface area contributed by atoms with Crippen molar-refractivity contribution in [1.29, 1.82) is 0 Å². The van der Waals surface area contributed by atoms with Crippen LogP contribution in [-0.4, -0.2) is 0 Å². The molecule has 0 heteroatoms. The van der Waals surface area contributed by atoms with E-state index in [1.807, 2.05) is 0 Å². The fourth-order valence-electron chi connectivity index (χ4n) is 3.01. The lowest BCUT2D eigenvalue weighted by atomic mass is 9.76. The maximum Gasteiger partial charge on any atom is 0.0385 e. The molecule has 84 valence electrons. The third-order valence-corrected chi connectivity index (χ3v) is 3.92. The fourth-order valence-corrected chi connectivity index (χ4v) is 3.01. The Morgan fingerprint density at radius 2 is 1.65 bits per heavy atom. The quantitative estimate of drug-likeness (QED) is 0.668. The third kappa shape index (κ3) is 1.44. The number of hydrogen-bond donors (Lipinski definition) is 0. The first-order chi connectivity index (χ1) is 8.37. The van der Waals surface area contributed by atoms with E-state index in [2.05, 4.69) is 67.3 Å². The first-order valence-corrected chi connectivity index (χ1v) is 6.14. The molecule has 0 N–H and O–H groups in total. The van der Waals surface area contributed by atoms with Crippen LogP contribution in [0.5, 0.6) is 0 Å². The Morgan fingerprint density at radius 3 is 2.41 bits per heavy atom. The standard InChI is InChI=1S/C17H16/c1-2-17(15-9-4-3-5-10-15)13-12-14-8-6-7-11-16(14)17/h2-11H,1,12-13H2. The Bertz CT molecular complexity index is 539. The van der Waals surface area contributed by atoms with Crippen LogP contribution >= 0.6 is 0 Å². The summed E-state index contributed by atoms with van der Waals surface area (Å²) in [5.41, 5.74) is 4.29. The van der Waals surface area contributed by atoms with Crippen molar-refractivity contribution in [2.75, 3.05) is 0 Å². The van der Waals surface area contributed by atoms with Crippen LogP contribution in [0, 0.1) is 0 Å². The number of aryl methyl sites for hydroxylation is 1. The molecule has 0 heterocycles. The van der Waals surface area contributed by atoms with Gasteiger partial charge in [-0.25, -0.2) is 0 Å². The van der Waals surface area contributed by atoms with E-state index in [-0.39, 0.29) is 5.41 Å². The average Bonchev–Trinajstić information content (AvgIpc) is 2.80. The molecule has 3 rings (SSSR count). The van der Waals surface area contributed by atoms with Gasteiger partial charge >= 0.3 is 0 Å². The summed E-state index contributed by atoms with van der Waals surface area (Å²) >= 11 is 0. The van der Waals surface area contributed by atoms with E-state index >= 15 is 0 Å². The molecule has 0 fully saturated rings. The van der Waals surface area contributed by atoms with Crippen molar-refractivity contribution >= 4 is 0 Å². The molecular formula is C17H16. The normalized spacial score (nSPS) is 22.1. The average molecular weight is 220 g/mol. The van der Waals surface area contributed by atoms with E-state index in [9.17, 15) is 0 Å². The summed E-state index contributed by atoms with van der Waals surface area (Å²) in [6, 6.07) is 19.5. The van der Waals surface area contributed by atoms with Crippen LogP contribution in [0.3, 0.4) is 0 Å². The van der Waals surface area contributed by atoms with Crippen LogP contribution in [0.2, 0.25) is 0 Å². The Labute approximate surface area is 103 Å². The lowest BCUT2D eigenvalue weighted by molar-refractivity contribution is 0.635. The van der Waals surface area contributed by atoms with Crippen molar-refractivity contribution < 1.29 is 0 Å². The molecule has 0 bridgehead atoms. The van der Waals surface area contributed by atoms with E-state index in [0.717, 1.165) is 12.8 Å². The first-order valence-electron chi connectivity index (χ1n) is 6.14. The molecule has 0 saturated heterocycles. The minimum Gasteiger partial charge on any atom is -0.102 e.